The lowest BCUT2D eigenvalue weighted by Gasteiger charge is -2.04. The zero-order chi connectivity index (χ0) is 11.9. The highest BCUT2D eigenvalue weighted by Crippen LogP contribution is 2.04. The second-order valence-electron chi connectivity index (χ2n) is 4.66. The van der Waals surface area contributed by atoms with Gasteiger partial charge < -0.3 is 5.32 Å². The van der Waals surface area contributed by atoms with Crippen LogP contribution in [-0.2, 0) is 0 Å². The van der Waals surface area contributed by atoms with Gasteiger partial charge in [-0.3, -0.25) is 0 Å². The molecular formula is C15H31N. The van der Waals surface area contributed by atoms with E-state index < -0.39 is 0 Å². The SMILES string of the molecule is C=CCCCCCNCCCCCCCC. The summed E-state index contributed by atoms with van der Waals surface area (Å²) in [5.41, 5.74) is 0. The standard InChI is InChI=1S/C15H31N/c1-3-5-7-9-11-13-15-16-14-12-10-8-6-4-2/h4,16H,2-3,5-15H2,1H3. The van der Waals surface area contributed by atoms with Crippen LogP contribution in [0.5, 0.6) is 0 Å². The maximum Gasteiger partial charge on any atom is -0.00489 e. The summed E-state index contributed by atoms with van der Waals surface area (Å²) in [7, 11) is 0. The molecule has 0 aliphatic rings. The average molecular weight is 225 g/mol. The molecule has 0 spiro atoms. The summed E-state index contributed by atoms with van der Waals surface area (Å²) in [4.78, 5) is 0. The van der Waals surface area contributed by atoms with E-state index in [4.69, 9.17) is 0 Å². The molecule has 0 bridgehead atoms. The molecule has 0 saturated heterocycles. The Morgan fingerprint density at radius 2 is 1.38 bits per heavy atom. The van der Waals surface area contributed by atoms with Crippen LogP contribution in [0.2, 0.25) is 0 Å². The molecule has 1 heteroatoms. The Labute approximate surface area is 103 Å². The molecule has 16 heavy (non-hydrogen) atoms. The van der Waals surface area contributed by atoms with E-state index in [9.17, 15) is 0 Å². The Balaban J connectivity index is 2.85. The third-order valence-corrected chi connectivity index (χ3v) is 2.97. The van der Waals surface area contributed by atoms with Crippen molar-refractivity contribution < 1.29 is 0 Å². The lowest BCUT2D eigenvalue weighted by Crippen LogP contribution is -2.16. The molecule has 1 nitrogen and oxygen atoms in total. The minimum atomic E-state index is 1.18. The minimum Gasteiger partial charge on any atom is -0.317 e. The summed E-state index contributed by atoms with van der Waals surface area (Å²) < 4.78 is 0. The van der Waals surface area contributed by atoms with Crippen LogP contribution in [0.1, 0.15) is 71.1 Å². The molecule has 0 aromatic heterocycles. The van der Waals surface area contributed by atoms with Crippen LogP contribution in [0, 0.1) is 0 Å². The molecule has 0 aromatic carbocycles. The second-order valence-corrected chi connectivity index (χ2v) is 4.66. The molecule has 0 aromatic rings. The maximum atomic E-state index is 3.73. The number of hydrogen-bond acceptors (Lipinski definition) is 1. The van der Waals surface area contributed by atoms with Crippen molar-refractivity contribution >= 4 is 0 Å². The highest BCUT2D eigenvalue weighted by molar-refractivity contribution is 4.65. The Kier molecular flexibility index (Phi) is 14.4. The van der Waals surface area contributed by atoms with Crippen molar-refractivity contribution in [3.63, 3.8) is 0 Å². The summed E-state index contributed by atoms with van der Waals surface area (Å²) >= 11 is 0. The molecule has 0 radical (unpaired) electrons. The van der Waals surface area contributed by atoms with Crippen LogP contribution in [0.3, 0.4) is 0 Å². The van der Waals surface area contributed by atoms with Gasteiger partial charge in [0.2, 0.25) is 0 Å². The summed E-state index contributed by atoms with van der Waals surface area (Å²) in [5, 5.41) is 3.53. The zero-order valence-corrected chi connectivity index (χ0v) is 11.3. The first-order valence-corrected chi connectivity index (χ1v) is 7.23. The summed E-state index contributed by atoms with van der Waals surface area (Å²) in [5.74, 6) is 0. The number of unbranched alkanes of at least 4 members (excludes halogenated alkanes) is 8. The first kappa shape index (κ1) is 15.7. The third kappa shape index (κ3) is 13.7. The van der Waals surface area contributed by atoms with Gasteiger partial charge in [0.1, 0.15) is 0 Å². The van der Waals surface area contributed by atoms with Crippen LogP contribution in [-0.4, -0.2) is 13.1 Å². The van der Waals surface area contributed by atoms with Gasteiger partial charge in [0.15, 0.2) is 0 Å². The molecule has 1 N–H and O–H groups in total. The van der Waals surface area contributed by atoms with Gasteiger partial charge in [-0.15, -0.1) is 6.58 Å². The average Bonchev–Trinajstić information content (AvgIpc) is 2.31. The molecule has 0 saturated carbocycles. The largest absolute Gasteiger partial charge is 0.317 e. The van der Waals surface area contributed by atoms with Crippen LogP contribution in [0.15, 0.2) is 12.7 Å². The van der Waals surface area contributed by atoms with Crippen molar-refractivity contribution in [2.75, 3.05) is 13.1 Å². The van der Waals surface area contributed by atoms with Gasteiger partial charge in [0.25, 0.3) is 0 Å². The van der Waals surface area contributed by atoms with Crippen molar-refractivity contribution in [2.24, 2.45) is 0 Å². The van der Waals surface area contributed by atoms with Crippen molar-refractivity contribution in [1.29, 1.82) is 0 Å². The third-order valence-electron chi connectivity index (χ3n) is 2.97. The van der Waals surface area contributed by atoms with E-state index in [0.717, 1.165) is 0 Å². The van der Waals surface area contributed by atoms with E-state index in [0.29, 0.717) is 0 Å². The van der Waals surface area contributed by atoms with Crippen LogP contribution < -0.4 is 5.32 Å². The van der Waals surface area contributed by atoms with Crippen LogP contribution >= 0.6 is 0 Å². The monoisotopic (exact) mass is 225 g/mol. The summed E-state index contributed by atoms with van der Waals surface area (Å²) in [6.45, 7) is 8.42. The van der Waals surface area contributed by atoms with Gasteiger partial charge in [0, 0.05) is 0 Å². The molecule has 96 valence electrons. The minimum absolute atomic E-state index is 1.18. The van der Waals surface area contributed by atoms with Gasteiger partial charge in [-0.05, 0) is 38.8 Å². The molecule has 0 heterocycles. The second kappa shape index (κ2) is 14.7. The Morgan fingerprint density at radius 1 is 0.812 bits per heavy atom. The summed E-state index contributed by atoms with van der Waals surface area (Å²) in [6.07, 6.45) is 15.6. The first-order valence-electron chi connectivity index (χ1n) is 7.23. The van der Waals surface area contributed by atoms with E-state index >= 15 is 0 Å². The van der Waals surface area contributed by atoms with Crippen molar-refractivity contribution in [3.05, 3.63) is 12.7 Å². The smallest absolute Gasteiger partial charge is 0.00489 e. The molecule has 0 aliphatic carbocycles. The highest BCUT2D eigenvalue weighted by atomic mass is 14.8. The van der Waals surface area contributed by atoms with E-state index in [1.54, 1.807) is 0 Å². The zero-order valence-electron chi connectivity index (χ0n) is 11.3. The fourth-order valence-corrected chi connectivity index (χ4v) is 1.87. The topological polar surface area (TPSA) is 12.0 Å². The van der Waals surface area contributed by atoms with Crippen molar-refractivity contribution in [3.8, 4) is 0 Å². The maximum absolute atomic E-state index is 3.73. The molecule has 0 fully saturated rings. The van der Waals surface area contributed by atoms with Gasteiger partial charge in [-0.25, -0.2) is 0 Å². The fraction of sp³-hybridized carbons (Fsp3) is 0.867. The fourth-order valence-electron chi connectivity index (χ4n) is 1.87. The number of nitrogens with one attached hydrogen (secondary N) is 1. The van der Waals surface area contributed by atoms with Crippen LogP contribution in [0.4, 0.5) is 0 Å². The quantitative estimate of drug-likeness (QED) is 0.354. The normalized spacial score (nSPS) is 10.6. The Bertz CT molecular complexity index is 131. The van der Waals surface area contributed by atoms with E-state index in [1.807, 2.05) is 6.08 Å². The highest BCUT2D eigenvalue weighted by Gasteiger charge is 1.91. The molecule has 0 aliphatic heterocycles. The molecule has 0 atom stereocenters. The molecular weight excluding hydrogens is 194 g/mol. The van der Waals surface area contributed by atoms with E-state index in [1.165, 1.54) is 77.3 Å². The van der Waals surface area contributed by atoms with Crippen molar-refractivity contribution in [1.82, 2.24) is 5.32 Å². The molecule has 0 rings (SSSR count). The van der Waals surface area contributed by atoms with Gasteiger partial charge in [0.05, 0.1) is 0 Å². The molecule has 0 amide bonds. The van der Waals surface area contributed by atoms with Gasteiger partial charge in [-0.1, -0.05) is 51.5 Å². The van der Waals surface area contributed by atoms with Gasteiger partial charge in [-0.2, -0.15) is 0 Å². The van der Waals surface area contributed by atoms with E-state index in [-0.39, 0.29) is 0 Å². The number of rotatable bonds is 13. The lowest BCUT2D eigenvalue weighted by atomic mass is 10.1. The predicted molar refractivity (Wildman–Crippen MR) is 74.9 cm³/mol. The Morgan fingerprint density at radius 3 is 2.00 bits per heavy atom. The van der Waals surface area contributed by atoms with Crippen LogP contribution in [0.25, 0.3) is 0 Å². The number of allylic oxidation sites excluding steroid dienone is 1. The Hall–Kier alpha value is -0.300. The van der Waals surface area contributed by atoms with Crippen molar-refractivity contribution in [2.45, 2.75) is 71.1 Å². The lowest BCUT2D eigenvalue weighted by molar-refractivity contribution is 0.554. The van der Waals surface area contributed by atoms with Gasteiger partial charge >= 0.3 is 0 Å². The van der Waals surface area contributed by atoms with E-state index in [2.05, 4.69) is 18.8 Å². The number of hydrogen-bond donors (Lipinski definition) is 1. The first-order chi connectivity index (χ1) is 7.91. The predicted octanol–water partition coefficient (Wildman–Crippen LogP) is 4.68. The molecule has 0 unspecified atom stereocenters. The summed E-state index contributed by atoms with van der Waals surface area (Å²) in [6, 6.07) is 0.